The van der Waals surface area contributed by atoms with Crippen molar-refractivity contribution >= 4 is 29.9 Å². The summed E-state index contributed by atoms with van der Waals surface area (Å²) in [5.41, 5.74) is 3.65. The van der Waals surface area contributed by atoms with E-state index in [1.807, 2.05) is 12.1 Å². The number of nitrogens with one attached hydrogen (secondary N) is 2. The number of aromatic nitrogens is 1. The molecule has 0 spiro atoms. The topological polar surface area (TPSA) is 61.8 Å². The first-order chi connectivity index (χ1) is 14.3. The van der Waals surface area contributed by atoms with Gasteiger partial charge in [-0.2, -0.15) is 0 Å². The van der Waals surface area contributed by atoms with E-state index >= 15 is 0 Å². The molecule has 3 rings (SSSR count). The summed E-state index contributed by atoms with van der Waals surface area (Å²) in [5.74, 6) is 1.45. The Labute approximate surface area is 197 Å². The molecule has 1 aromatic carbocycles. The molecule has 2 N–H and O–H groups in total. The van der Waals surface area contributed by atoms with E-state index in [0.29, 0.717) is 19.0 Å². The van der Waals surface area contributed by atoms with Crippen LogP contribution in [0, 0.1) is 0 Å². The van der Waals surface area contributed by atoms with Crippen molar-refractivity contribution in [3.05, 3.63) is 59.3 Å². The maximum atomic E-state index is 5.73. The van der Waals surface area contributed by atoms with Gasteiger partial charge in [0.15, 0.2) is 5.96 Å². The Balaban J connectivity index is 0.00000320. The first kappa shape index (κ1) is 24.4. The third-order valence-corrected chi connectivity index (χ3v) is 5.05. The molecule has 0 unspecified atom stereocenters. The van der Waals surface area contributed by atoms with Gasteiger partial charge in [-0.05, 0) is 49.5 Å². The molecule has 0 atom stereocenters. The molecule has 1 saturated heterocycles. The first-order valence-corrected chi connectivity index (χ1v) is 10.6. The highest BCUT2D eigenvalue weighted by Crippen LogP contribution is 2.15. The lowest BCUT2D eigenvalue weighted by Gasteiger charge is -2.15. The molecule has 1 aliphatic heterocycles. The molecule has 30 heavy (non-hydrogen) atoms. The Kier molecular flexibility index (Phi) is 10.9. The van der Waals surface area contributed by atoms with Crippen LogP contribution in [0.3, 0.4) is 0 Å². The molecule has 1 fully saturated rings. The average Bonchev–Trinajstić information content (AvgIpc) is 3.27. The molecule has 0 radical (unpaired) electrons. The summed E-state index contributed by atoms with van der Waals surface area (Å²) in [7, 11) is 1.78. The molecule has 6 nitrogen and oxygen atoms in total. The quantitative estimate of drug-likeness (QED) is 0.296. The van der Waals surface area contributed by atoms with Crippen molar-refractivity contribution in [2.75, 3.05) is 26.7 Å². The van der Waals surface area contributed by atoms with Gasteiger partial charge in [-0.3, -0.25) is 9.89 Å². The zero-order valence-corrected chi connectivity index (χ0v) is 20.4. The fourth-order valence-corrected chi connectivity index (χ4v) is 3.43. The Bertz CT molecular complexity index is 775. The number of benzene rings is 1. The van der Waals surface area contributed by atoms with Crippen molar-refractivity contribution in [1.82, 2.24) is 20.5 Å². The lowest BCUT2D eigenvalue weighted by atomic mass is 10.1. The molecule has 0 saturated carbocycles. The number of hydrogen-bond acceptors (Lipinski definition) is 4. The Morgan fingerprint density at radius 3 is 2.47 bits per heavy atom. The van der Waals surface area contributed by atoms with Crippen LogP contribution in [0.1, 0.15) is 42.9 Å². The van der Waals surface area contributed by atoms with E-state index in [0.717, 1.165) is 31.0 Å². The minimum atomic E-state index is 0. The fourth-order valence-electron chi connectivity index (χ4n) is 3.43. The van der Waals surface area contributed by atoms with E-state index in [1.54, 1.807) is 13.2 Å². The van der Waals surface area contributed by atoms with Gasteiger partial charge in [-0.1, -0.05) is 37.3 Å². The molecule has 0 bridgehead atoms. The second kappa shape index (κ2) is 13.4. The van der Waals surface area contributed by atoms with Crippen molar-refractivity contribution in [1.29, 1.82) is 0 Å². The van der Waals surface area contributed by atoms with Crippen LogP contribution in [0.4, 0.5) is 0 Å². The van der Waals surface area contributed by atoms with E-state index < -0.39 is 0 Å². The summed E-state index contributed by atoms with van der Waals surface area (Å²) in [4.78, 5) is 11.2. The van der Waals surface area contributed by atoms with Crippen molar-refractivity contribution in [3.63, 3.8) is 0 Å². The molecular formula is C23H34IN5O. The number of hydrogen-bond donors (Lipinski definition) is 2. The van der Waals surface area contributed by atoms with Crippen molar-refractivity contribution in [2.24, 2.45) is 4.99 Å². The van der Waals surface area contributed by atoms with Crippen LogP contribution in [0.5, 0.6) is 5.88 Å². The second-order valence-electron chi connectivity index (χ2n) is 7.40. The van der Waals surface area contributed by atoms with Gasteiger partial charge in [0.1, 0.15) is 0 Å². The van der Waals surface area contributed by atoms with E-state index in [9.17, 15) is 0 Å². The number of aliphatic imine (C=N–C) groups is 1. The monoisotopic (exact) mass is 523 g/mol. The minimum Gasteiger partial charge on any atom is -0.477 e. The molecule has 0 aliphatic carbocycles. The van der Waals surface area contributed by atoms with Gasteiger partial charge in [-0.25, -0.2) is 4.98 Å². The lowest BCUT2D eigenvalue weighted by molar-refractivity contribution is 0.301. The number of halogens is 1. The SMILES string of the molecule is CCCOc1ncccc1CNC(=NC)NCc1ccc(CN2CCCC2)cc1.I. The Morgan fingerprint density at radius 2 is 1.77 bits per heavy atom. The molecule has 1 aromatic heterocycles. The van der Waals surface area contributed by atoms with Gasteiger partial charge in [0, 0.05) is 38.4 Å². The van der Waals surface area contributed by atoms with Gasteiger partial charge >= 0.3 is 0 Å². The zero-order valence-electron chi connectivity index (χ0n) is 18.1. The summed E-state index contributed by atoms with van der Waals surface area (Å²) in [6.45, 7) is 7.62. The molecule has 0 amide bonds. The van der Waals surface area contributed by atoms with Crippen molar-refractivity contribution in [3.8, 4) is 5.88 Å². The summed E-state index contributed by atoms with van der Waals surface area (Å²) < 4.78 is 5.73. The third-order valence-electron chi connectivity index (χ3n) is 5.05. The maximum absolute atomic E-state index is 5.73. The maximum Gasteiger partial charge on any atom is 0.218 e. The first-order valence-electron chi connectivity index (χ1n) is 10.6. The summed E-state index contributed by atoms with van der Waals surface area (Å²) in [6, 6.07) is 12.8. The van der Waals surface area contributed by atoms with Crippen molar-refractivity contribution in [2.45, 2.75) is 45.8 Å². The van der Waals surface area contributed by atoms with Gasteiger partial charge < -0.3 is 15.4 Å². The standard InChI is InChI=1S/C23H33N5O.HI/c1-3-15-29-22-21(7-6-12-25-22)17-27-23(24-2)26-16-19-8-10-20(11-9-19)18-28-13-4-5-14-28;/h6-12H,3-5,13-18H2,1-2H3,(H2,24,26,27);1H. The number of rotatable bonds is 9. The number of pyridine rings is 1. The highest BCUT2D eigenvalue weighted by molar-refractivity contribution is 14.0. The number of guanidine groups is 1. The highest BCUT2D eigenvalue weighted by atomic mass is 127. The summed E-state index contributed by atoms with van der Waals surface area (Å²) in [6.07, 6.45) is 5.39. The van der Waals surface area contributed by atoms with Crippen LogP contribution in [0.15, 0.2) is 47.6 Å². The van der Waals surface area contributed by atoms with Crippen molar-refractivity contribution < 1.29 is 4.74 Å². The van der Waals surface area contributed by atoms with E-state index in [2.05, 4.69) is 56.7 Å². The van der Waals surface area contributed by atoms with Gasteiger partial charge in [0.25, 0.3) is 0 Å². The Morgan fingerprint density at radius 1 is 1.07 bits per heavy atom. The molecular weight excluding hydrogens is 489 g/mol. The summed E-state index contributed by atoms with van der Waals surface area (Å²) in [5, 5.41) is 6.72. The largest absolute Gasteiger partial charge is 0.477 e. The molecule has 164 valence electrons. The predicted octanol–water partition coefficient (Wildman–Crippen LogP) is 3.95. The normalized spacial score (nSPS) is 14.3. The van der Waals surface area contributed by atoms with Crippen LogP contribution in [-0.2, 0) is 19.6 Å². The molecule has 1 aliphatic rings. The fraction of sp³-hybridized carbons (Fsp3) is 0.478. The molecule has 2 aromatic rings. The van der Waals surface area contributed by atoms with Crippen LogP contribution >= 0.6 is 24.0 Å². The number of nitrogens with zero attached hydrogens (tertiary/aromatic N) is 3. The Hall–Kier alpha value is -1.87. The predicted molar refractivity (Wildman–Crippen MR) is 133 cm³/mol. The molecule has 7 heteroatoms. The van der Waals surface area contributed by atoms with E-state index in [-0.39, 0.29) is 24.0 Å². The second-order valence-corrected chi connectivity index (χ2v) is 7.40. The van der Waals surface area contributed by atoms with Crippen LogP contribution in [0.25, 0.3) is 0 Å². The van der Waals surface area contributed by atoms with Gasteiger partial charge in [-0.15, -0.1) is 24.0 Å². The highest BCUT2D eigenvalue weighted by Gasteiger charge is 2.11. The van der Waals surface area contributed by atoms with Gasteiger partial charge in [0.05, 0.1) is 6.61 Å². The van der Waals surface area contributed by atoms with Crippen LogP contribution in [-0.4, -0.2) is 42.6 Å². The minimum absolute atomic E-state index is 0. The molecule has 2 heterocycles. The van der Waals surface area contributed by atoms with Crippen LogP contribution in [0.2, 0.25) is 0 Å². The lowest BCUT2D eigenvalue weighted by Crippen LogP contribution is -2.36. The van der Waals surface area contributed by atoms with E-state index in [1.165, 1.54) is 37.1 Å². The van der Waals surface area contributed by atoms with E-state index in [4.69, 9.17) is 4.74 Å². The van der Waals surface area contributed by atoms with Gasteiger partial charge in [0.2, 0.25) is 5.88 Å². The zero-order chi connectivity index (χ0) is 20.3. The summed E-state index contributed by atoms with van der Waals surface area (Å²) >= 11 is 0. The number of ether oxygens (including phenoxy) is 1. The third kappa shape index (κ3) is 7.75. The van der Waals surface area contributed by atoms with Crippen LogP contribution < -0.4 is 15.4 Å². The smallest absolute Gasteiger partial charge is 0.218 e. The average molecular weight is 523 g/mol. The number of likely N-dealkylation sites (tertiary alicyclic amines) is 1.